The van der Waals surface area contributed by atoms with Gasteiger partial charge >= 0.3 is 6.18 Å². The zero-order valence-corrected chi connectivity index (χ0v) is 22.2. The Kier molecular flexibility index (Phi) is 6.61. The maximum Gasteiger partial charge on any atom is 0.416 e. The molecule has 0 unspecified atom stereocenters. The van der Waals surface area contributed by atoms with E-state index in [1.54, 1.807) is 18.7 Å². The van der Waals surface area contributed by atoms with Crippen molar-refractivity contribution >= 4 is 5.91 Å². The monoisotopic (exact) mass is 538 g/mol. The van der Waals surface area contributed by atoms with Gasteiger partial charge in [0.25, 0.3) is 5.91 Å². The van der Waals surface area contributed by atoms with Crippen LogP contribution < -0.4 is 0 Å². The van der Waals surface area contributed by atoms with Crippen LogP contribution in [0.1, 0.15) is 72.5 Å². The van der Waals surface area contributed by atoms with Crippen LogP contribution in [0.25, 0.3) is 0 Å². The Morgan fingerprint density at radius 1 is 1.16 bits per heavy atom. The van der Waals surface area contributed by atoms with Crippen molar-refractivity contribution in [1.29, 1.82) is 0 Å². The lowest BCUT2D eigenvalue weighted by Gasteiger charge is -2.52. The highest BCUT2D eigenvalue weighted by atomic mass is 19.4. The van der Waals surface area contributed by atoms with Gasteiger partial charge in [-0.15, -0.1) is 0 Å². The fourth-order valence-corrected chi connectivity index (χ4v) is 5.65. The van der Waals surface area contributed by atoms with Crippen molar-refractivity contribution in [2.45, 2.75) is 64.3 Å². The molecule has 2 aromatic rings. The molecule has 38 heavy (non-hydrogen) atoms. The molecule has 0 bridgehead atoms. The van der Waals surface area contributed by atoms with Gasteiger partial charge in [-0.1, -0.05) is 12.1 Å². The number of methoxy groups -OCH3 is 1. The van der Waals surface area contributed by atoms with Crippen molar-refractivity contribution in [3.8, 4) is 0 Å². The maximum atomic E-state index is 13.3. The number of alkyl halides is 3. The average Bonchev–Trinajstić information content (AvgIpc) is 2.88. The molecule has 4 rings (SSSR count). The molecule has 1 aromatic carbocycles. The van der Waals surface area contributed by atoms with Gasteiger partial charge in [-0.2, -0.15) is 13.2 Å². The summed E-state index contributed by atoms with van der Waals surface area (Å²) < 4.78 is 84.2. The van der Waals surface area contributed by atoms with Crippen molar-refractivity contribution in [3.63, 3.8) is 0 Å². The number of piperidine rings is 1. The zero-order chi connectivity index (χ0) is 32.0. The first-order chi connectivity index (χ1) is 19.8. The minimum atomic E-state index is -4.57. The highest BCUT2D eigenvalue weighted by molar-refractivity contribution is 5.96. The standard InChI is InChI=1S/C28H38F3N5O2/c1-19-16-35(14-15-36(19)24(17-38-5)22-6-8-23(9-7-22)28(29,30)31)27(4)10-12-34(13-11-27)26(37)25-20(2)32-18-33-21(25)3/h6-9,18-19,24H,10-17H2,1-5H3/t19-,24-/m0/s1/i5D3,17D2. The van der Waals surface area contributed by atoms with Gasteiger partial charge < -0.3 is 9.64 Å². The van der Waals surface area contributed by atoms with E-state index in [9.17, 15) is 18.0 Å². The summed E-state index contributed by atoms with van der Waals surface area (Å²) in [6.07, 6.45) is -1.70. The number of piperazine rings is 1. The first-order valence-corrected chi connectivity index (χ1v) is 12.8. The third-order valence-electron chi connectivity index (χ3n) is 8.07. The second kappa shape index (κ2) is 11.3. The molecule has 3 heterocycles. The van der Waals surface area contributed by atoms with Crippen LogP contribution >= 0.6 is 0 Å². The van der Waals surface area contributed by atoms with E-state index < -0.39 is 31.4 Å². The van der Waals surface area contributed by atoms with E-state index in [-0.39, 0.29) is 23.1 Å². The first kappa shape index (κ1) is 22.3. The molecule has 0 aliphatic carbocycles. The Balaban J connectivity index is 1.50. The molecular weight excluding hydrogens is 495 g/mol. The summed E-state index contributed by atoms with van der Waals surface area (Å²) in [4.78, 5) is 27.5. The molecule has 0 N–H and O–H groups in total. The number of hydrogen-bond acceptors (Lipinski definition) is 6. The van der Waals surface area contributed by atoms with Gasteiger partial charge in [0.15, 0.2) is 0 Å². The zero-order valence-electron chi connectivity index (χ0n) is 27.2. The Bertz CT molecular complexity index is 1280. The largest absolute Gasteiger partial charge is 0.416 e. The molecule has 0 saturated carbocycles. The predicted molar refractivity (Wildman–Crippen MR) is 139 cm³/mol. The topological polar surface area (TPSA) is 61.8 Å². The number of aryl methyl sites for hydroxylation is 2. The molecular formula is C28H38F3N5O2. The van der Waals surface area contributed by atoms with Crippen LogP contribution in [0.3, 0.4) is 0 Å². The summed E-state index contributed by atoms with van der Waals surface area (Å²) in [7, 11) is -3.06. The summed E-state index contributed by atoms with van der Waals surface area (Å²) in [5, 5.41) is 0. The average molecular weight is 539 g/mol. The highest BCUT2D eigenvalue weighted by Gasteiger charge is 2.41. The van der Waals surface area contributed by atoms with Crippen LogP contribution in [0.4, 0.5) is 13.2 Å². The van der Waals surface area contributed by atoms with Crippen molar-refractivity contribution in [2.75, 3.05) is 46.3 Å². The summed E-state index contributed by atoms with van der Waals surface area (Å²) in [6.45, 7) is 7.32. The second-order valence-electron chi connectivity index (χ2n) is 10.5. The van der Waals surface area contributed by atoms with E-state index in [0.717, 1.165) is 12.1 Å². The summed E-state index contributed by atoms with van der Waals surface area (Å²) in [6, 6.07) is 2.55. The number of ether oxygens (including phenoxy) is 1. The third-order valence-corrected chi connectivity index (χ3v) is 8.07. The second-order valence-corrected chi connectivity index (χ2v) is 10.5. The number of carbonyl (C=O) groups excluding carboxylic acids is 1. The first-order valence-electron chi connectivity index (χ1n) is 15.3. The SMILES string of the molecule is [2H]C([2H])([2H])OC([2H])([2H])[C@@H](c1ccc(C(F)(F)F)cc1)N1CCN(C2(C)CCN(C(=O)c3c(C)ncnc3C)CC2)C[C@@H]1C. The molecule has 2 aliphatic heterocycles. The van der Waals surface area contributed by atoms with Gasteiger partial charge in [0.2, 0.25) is 0 Å². The van der Waals surface area contributed by atoms with Crippen LogP contribution in [-0.2, 0) is 10.9 Å². The number of carbonyl (C=O) groups is 1. The number of aromatic nitrogens is 2. The Hall–Kier alpha value is -2.56. The molecule has 1 aromatic heterocycles. The van der Waals surface area contributed by atoms with Crippen LogP contribution in [0, 0.1) is 13.8 Å². The number of amides is 1. The van der Waals surface area contributed by atoms with Crippen LogP contribution in [0.2, 0.25) is 0 Å². The van der Waals surface area contributed by atoms with Gasteiger partial charge in [-0.05, 0) is 58.2 Å². The lowest BCUT2D eigenvalue weighted by atomic mass is 9.86. The molecule has 2 aliphatic rings. The lowest BCUT2D eigenvalue weighted by Crippen LogP contribution is -2.62. The van der Waals surface area contributed by atoms with Crippen molar-refractivity contribution in [1.82, 2.24) is 24.7 Å². The molecule has 0 spiro atoms. The Labute approximate surface area is 230 Å². The summed E-state index contributed by atoms with van der Waals surface area (Å²) in [5.41, 5.74) is 0.869. The molecule has 7 nitrogen and oxygen atoms in total. The normalized spacial score (nSPS) is 24.6. The van der Waals surface area contributed by atoms with Crippen molar-refractivity contribution < 1.29 is 29.6 Å². The highest BCUT2D eigenvalue weighted by Crippen LogP contribution is 2.35. The van der Waals surface area contributed by atoms with E-state index in [1.807, 2.05) is 11.8 Å². The van der Waals surface area contributed by atoms with Crippen LogP contribution in [0.15, 0.2) is 30.6 Å². The van der Waals surface area contributed by atoms with E-state index in [1.165, 1.54) is 18.5 Å². The minimum absolute atomic E-state index is 0.0910. The molecule has 2 atom stereocenters. The van der Waals surface area contributed by atoms with E-state index in [2.05, 4.69) is 21.8 Å². The van der Waals surface area contributed by atoms with E-state index in [4.69, 9.17) is 11.6 Å². The number of nitrogens with zero attached hydrogens (tertiary/aromatic N) is 5. The fourth-order valence-electron chi connectivity index (χ4n) is 5.65. The van der Waals surface area contributed by atoms with Crippen molar-refractivity contribution in [3.05, 3.63) is 58.7 Å². The number of halogens is 3. The van der Waals surface area contributed by atoms with Gasteiger partial charge in [0, 0.05) is 51.3 Å². The smallest absolute Gasteiger partial charge is 0.383 e. The Morgan fingerprint density at radius 2 is 1.79 bits per heavy atom. The van der Waals surface area contributed by atoms with Crippen molar-refractivity contribution in [2.24, 2.45) is 0 Å². The minimum Gasteiger partial charge on any atom is -0.383 e. The predicted octanol–water partition coefficient (Wildman–Crippen LogP) is 4.50. The van der Waals surface area contributed by atoms with Crippen LogP contribution in [0.5, 0.6) is 0 Å². The number of likely N-dealkylation sites (tertiary alicyclic amines) is 1. The van der Waals surface area contributed by atoms with Gasteiger partial charge in [0.05, 0.1) is 42.0 Å². The molecule has 10 heteroatoms. The number of rotatable bonds is 6. The molecule has 0 radical (unpaired) electrons. The summed E-state index contributed by atoms with van der Waals surface area (Å²) >= 11 is 0. The molecule has 1 amide bonds. The fraction of sp³-hybridized carbons (Fsp3) is 0.607. The molecule has 2 fully saturated rings. The quantitative estimate of drug-likeness (QED) is 0.540. The van der Waals surface area contributed by atoms with Gasteiger partial charge in [-0.25, -0.2) is 9.97 Å². The third kappa shape index (κ3) is 5.87. The Morgan fingerprint density at radius 3 is 2.34 bits per heavy atom. The number of hydrogen-bond donors (Lipinski definition) is 0. The van der Waals surface area contributed by atoms with E-state index in [0.29, 0.717) is 62.5 Å². The molecule has 2 saturated heterocycles. The van der Waals surface area contributed by atoms with Crippen LogP contribution in [-0.4, -0.2) is 88.5 Å². The lowest BCUT2D eigenvalue weighted by molar-refractivity contribution is -0.137. The summed E-state index contributed by atoms with van der Waals surface area (Å²) in [5.74, 6) is -0.0910. The molecule has 208 valence electrons. The van der Waals surface area contributed by atoms with Gasteiger partial charge in [-0.3, -0.25) is 14.6 Å². The number of benzene rings is 1. The van der Waals surface area contributed by atoms with E-state index >= 15 is 0 Å². The van der Waals surface area contributed by atoms with Gasteiger partial charge in [0.1, 0.15) is 6.33 Å². The maximum absolute atomic E-state index is 13.3.